The first kappa shape index (κ1) is 8.52. The molecule has 0 fully saturated rings. The zero-order chi connectivity index (χ0) is 9.26. The summed E-state index contributed by atoms with van der Waals surface area (Å²) in [5.41, 5.74) is 2.04. The molecule has 0 saturated heterocycles. The Morgan fingerprint density at radius 2 is 2.38 bits per heavy atom. The summed E-state index contributed by atoms with van der Waals surface area (Å²) in [6.07, 6.45) is 1.77. The van der Waals surface area contributed by atoms with Crippen LogP contribution < -0.4 is 0 Å². The first-order valence-corrected chi connectivity index (χ1v) is 4.97. The number of nitrogens with zero attached hydrogens (tertiary/aromatic N) is 2. The molecule has 2 rings (SSSR count). The molecule has 2 aromatic heterocycles. The maximum absolute atomic E-state index is 4.95. The lowest BCUT2D eigenvalue weighted by Gasteiger charge is -1.94. The van der Waals surface area contributed by atoms with Crippen molar-refractivity contribution in [3.05, 3.63) is 28.0 Å². The minimum Gasteiger partial charge on any atom is -0.262 e. The Labute approximate surface area is 84.5 Å². The van der Waals surface area contributed by atoms with Gasteiger partial charge in [-0.15, -0.1) is 0 Å². The second-order valence-electron chi connectivity index (χ2n) is 2.60. The number of rotatable bonds is 1. The molecule has 66 valence electrons. The van der Waals surface area contributed by atoms with Crippen LogP contribution in [0.1, 0.15) is 5.69 Å². The minimum atomic E-state index is 0.699. The fraction of sp³-hybridized carbons (Fsp3) is 0.125. The van der Waals surface area contributed by atoms with Crippen molar-refractivity contribution in [2.75, 3.05) is 0 Å². The molecule has 0 radical (unpaired) electrons. The highest BCUT2D eigenvalue weighted by Crippen LogP contribution is 2.21. The van der Waals surface area contributed by atoms with Crippen LogP contribution in [0.2, 0.25) is 0 Å². The van der Waals surface area contributed by atoms with Crippen LogP contribution in [0.15, 0.2) is 18.3 Å². The van der Waals surface area contributed by atoms with Crippen molar-refractivity contribution >= 4 is 23.6 Å². The molecule has 0 bridgehead atoms. The Bertz CT molecular complexity index is 472. The van der Waals surface area contributed by atoms with Gasteiger partial charge in [-0.25, -0.2) is 0 Å². The summed E-state index contributed by atoms with van der Waals surface area (Å²) in [6.45, 7) is 1.95. The largest absolute Gasteiger partial charge is 0.262 e. The van der Waals surface area contributed by atoms with E-state index in [0.29, 0.717) is 3.95 Å². The molecule has 0 aromatic carbocycles. The van der Waals surface area contributed by atoms with E-state index in [0.717, 1.165) is 16.3 Å². The lowest BCUT2D eigenvalue weighted by atomic mass is 10.2. The number of H-pyrrole nitrogens is 1. The molecule has 0 atom stereocenters. The van der Waals surface area contributed by atoms with Gasteiger partial charge in [-0.2, -0.15) is 5.10 Å². The van der Waals surface area contributed by atoms with Crippen molar-refractivity contribution in [2.24, 2.45) is 0 Å². The monoisotopic (exact) mass is 209 g/mol. The average Bonchev–Trinajstić information content (AvgIpc) is 2.52. The van der Waals surface area contributed by atoms with Gasteiger partial charge >= 0.3 is 0 Å². The second-order valence-corrected chi connectivity index (χ2v) is 4.27. The highest BCUT2D eigenvalue weighted by molar-refractivity contribution is 7.73. The molecule has 0 amide bonds. The van der Waals surface area contributed by atoms with Crippen molar-refractivity contribution in [1.29, 1.82) is 0 Å². The predicted molar refractivity (Wildman–Crippen MR) is 55.3 cm³/mol. The first-order chi connectivity index (χ1) is 6.25. The van der Waals surface area contributed by atoms with Crippen LogP contribution in [0.25, 0.3) is 10.6 Å². The first-order valence-electron chi connectivity index (χ1n) is 3.74. The van der Waals surface area contributed by atoms with E-state index in [1.807, 2.05) is 19.1 Å². The van der Waals surface area contributed by atoms with Crippen LogP contribution in [-0.4, -0.2) is 15.2 Å². The van der Waals surface area contributed by atoms with Gasteiger partial charge in [0, 0.05) is 17.5 Å². The Hall–Kier alpha value is -1.07. The van der Waals surface area contributed by atoms with E-state index in [-0.39, 0.29) is 0 Å². The van der Waals surface area contributed by atoms with Gasteiger partial charge in [0.15, 0.2) is 3.95 Å². The van der Waals surface area contributed by atoms with Crippen molar-refractivity contribution in [3.8, 4) is 10.6 Å². The van der Waals surface area contributed by atoms with Crippen molar-refractivity contribution in [1.82, 2.24) is 15.2 Å². The lowest BCUT2D eigenvalue weighted by molar-refractivity contribution is 1.08. The molecule has 0 aliphatic heterocycles. The number of pyridine rings is 1. The molecule has 0 aliphatic rings. The number of hydrogen-bond donors (Lipinski definition) is 1. The van der Waals surface area contributed by atoms with Crippen LogP contribution in [0.3, 0.4) is 0 Å². The summed E-state index contributed by atoms with van der Waals surface area (Å²) in [5.74, 6) is 0. The van der Waals surface area contributed by atoms with Crippen LogP contribution in [0.4, 0.5) is 0 Å². The topological polar surface area (TPSA) is 41.6 Å². The fourth-order valence-corrected chi connectivity index (χ4v) is 1.92. The molecular weight excluding hydrogens is 202 g/mol. The molecule has 1 N–H and O–H groups in total. The standard InChI is InChI=1S/C8H7N3S2/c1-5-4-6(2-3-9-5)7-10-11-8(12)13-7/h2-4H,1H3,(H,11,12). The Balaban J connectivity index is 2.52. The molecule has 2 heterocycles. The average molecular weight is 209 g/mol. The number of nitrogens with one attached hydrogen (secondary N) is 1. The zero-order valence-electron chi connectivity index (χ0n) is 6.94. The Morgan fingerprint density at radius 1 is 1.54 bits per heavy atom. The SMILES string of the molecule is Cc1cc(-c2n[nH]c(=S)s2)ccn1. The summed E-state index contributed by atoms with van der Waals surface area (Å²) in [6, 6.07) is 3.91. The predicted octanol–water partition coefficient (Wildman–Crippen LogP) is 2.57. The number of aryl methyl sites for hydroxylation is 1. The van der Waals surface area contributed by atoms with Gasteiger partial charge in [0.1, 0.15) is 5.01 Å². The third-order valence-corrected chi connectivity index (χ3v) is 2.72. The Kier molecular flexibility index (Phi) is 2.20. The van der Waals surface area contributed by atoms with Gasteiger partial charge in [-0.1, -0.05) is 11.3 Å². The maximum atomic E-state index is 4.95. The van der Waals surface area contributed by atoms with Gasteiger partial charge in [-0.3, -0.25) is 10.1 Å². The highest BCUT2D eigenvalue weighted by atomic mass is 32.1. The second kappa shape index (κ2) is 3.35. The van der Waals surface area contributed by atoms with Crippen LogP contribution in [0.5, 0.6) is 0 Å². The van der Waals surface area contributed by atoms with Gasteiger partial charge in [0.05, 0.1) is 0 Å². The van der Waals surface area contributed by atoms with E-state index in [4.69, 9.17) is 12.2 Å². The molecule has 0 spiro atoms. The third-order valence-electron chi connectivity index (χ3n) is 1.58. The summed E-state index contributed by atoms with van der Waals surface area (Å²) >= 11 is 6.42. The van der Waals surface area contributed by atoms with Crippen molar-refractivity contribution in [3.63, 3.8) is 0 Å². The molecule has 3 nitrogen and oxygen atoms in total. The molecule has 2 aromatic rings. The van der Waals surface area contributed by atoms with Crippen LogP contribution in [-0.2, 0) is 0 Å². The van der Waals surface area contributed by atoms with Crippen molar-refractivity contribution in [2.45, 2.75) is 6.92 Å². The zero-order valence-corrected chi connectivity index (χ0v) is 8.58. The summed E-state index contributed by atoms with van der Waals surface area (Å²) in [7, 11) is 0. The van der Waals surface area contributed by atoms with Crippen molar-refractivity contribution < 1.29 is 0 Å². The summed E-state index contributed by atoms with van der Waals surface area (Å²) in [5, 5.41) is 7.75. The smallest absolute Gasteiger partial charge is 0.176 e. The van der Waals surface area contributed by atoms with E-state index in [9.17, 15) is 0 Å². The van der Waals surface area contributed by atoms with Gasteiger partial charge in [0.2, 0.25) is 0 Å². The maximum Gasteiger partial charge on any atom is 0.176 e. The molecule has 0 saturated carbocycles. The Morgan fingerprint density at radius 3 is 3.00 bits per heavy atom. The van der Waals surface area contributed by atoms with Crippen LogP contribution >= 0.6 is 23.6 Å². The quantitative estimate of drug-likeness (QED) is 0.734. The lowest BCUT2D eigenvalue weighted by Crippen LogP contribution is -1.81. The number of hydrogen-bond acceptors (Lipinski definition) is 4. The molecule has 5 heteroatoms. The van der Waals surface area contributed by atoms with E-state index in [2.05, 4.69) is 15.2 Å². The number of aromatic nitrogens is 3. The normalized spacial score (nSPS) is 10.2. The minimum absolute atomic E-state index is 0.699. The summed E-state index contributed by atoms with van der Waals surface area (Å²) in [4.78, 5) is 4.11. The molecule has 13 heavy (non-hydrogen) atoms. The molecule has 0 unspecified atom stereocenters. The third kappa shape index (κ3) is 1.81. The van der Waals surface area contributed by atoms with E-state index in [1.165, 1.54) is 11.3 Å². The van der Waals surface area contributed by atoms with Gasteiger partial charge in [-0.05, 0) is 31.3 Å². The van der Waals surface area contributed by atoms with Gasteiger partial charge < -0.3 is 0 Å². The van der Waals surface area contributed by atoms with E-state index in [1.54, 1.807) is 6.20 Å². The van der Waals surface area contributed by atoms with E-state index >= 15 is 0 Å². The molecular formula is C8H7N3S2. The number of aromatic amines is 1. The van der Waals surface area contributed by atoms with E-state index < -0.39 is 0 Å². The fourth-order valence-electron chi connectivity index (χ4n) is 1.03. The summed E-state index contributed by atoms with van der Waals surface area (Å²) < 4.78 is 0.699. The molecule has 0 aliphatic carbocycles. The van der Waals surface area contributed by atoms with Gasteiger partial charge in [0.25, 0.3) is 0 Å². The highest BCUT2D eigenvalue weighted by Gasteiger charge is 2.01. The van der Waals surface area contributed by atoms with Crippen LogP contribution in [0, 0.1) is 10.9 Å².